The number of aromatic amines is 1. The molecule has 5 heteroatoms. The first-order valence-electron chi connectivity index (χ1n) is 4.51. The Morgan fingerprint density at radius 2 is 2.13 bits per heavy atom. The van der Waals surface area contributed by atoms with Gasteiger partial charge in [-0.15, -0.1) is 5.10 Å². The van der Waals surface area contributed by atoms with Crippen molar-refractivity contribution in [3.05, 3.63) is 35.5 Å². The Hall–Kier alpha value is -2.04. The minimum atomic E-state index is 0.252. The summed E-state index contributed by atoms with van der Waals surface area (Å²) in [5.74, 6) is 0.709. The number of phenols is 1. The van der Waals surface area contributed by atoms with E-state index in [4.69, 9.17) is 4.74 Å². The first kappa shape index (κ1) is 9.51. The molecule has 0 aliphatic rings. The zero-order valence-corrected chi connectivity index (χ0v) is 8.27. The van der Waals surface area contributed by atoms with Crippen molar-refractivity contribution in [1.82, 2.24) is 15.4 Å². The van der Waals surface area contributed by atoms with Gasteiger partial charge in [0.05, 0.1) is 7.11 Å². The summed E-state index contributed by atoms with van der Waals surface area (Å²) >= 11 is 0. The molecular weight excluding hydrogens is 194 g/mol. The van der Waals surface area contributed by atoms with Gasteiger partial charge in [0.15, 0.2) is 0 Å². The van der Waals surface area contributed by atoms with E-state index in [0.717, 1.165) is 5.56 Å². The van der Waals surface area contributed by atoms with Gasteiger partial charge in [0, 0.05) is 12.0 Å². The van der Waals surface area contributed by atoms with Crippen LogP contribution in [0.3, 0.4) is 0 Å². The van der Waals surface area contributed by atoms with Gasteiger partial charge in [-0.2, -0.15) is 10.3 Å². The van der Waals surface area contributed by atoms with E-state index in [9.17, 15) is 5.11 Å². The molecule has 0 saturated carbocycles. The molecule has 0 unspecified atom stereocenters. The van der Waals surface area contributed by atoms with Gasteiger partial charge in [-0.1, -0.05) is 18.2 Å². The lowest BCUT2D eigenvalue weighted by atomic mass is 10.1. The molecule has 0 bridgehead atoms. The molecule has 0 aliphatic heterocycles. The third kappa shape index (κ3) is 1.90. The Bertz CT molecular complexity index is 453. The SMILES string of the molecule is COc1n[nH]nc1Cc1ccccc1O. The van der Waals surface area contributed by atoms with Crippen molar-refractivity contribution in [2.45, 2.75) is 6.42 Å². The molecule has 0 atom stereocenters. The number of methoxy groups -OCH3 is 1. The fourth-order valence-electron chi connectivity index (χ4n) is 1.36. The van der Waals surface area contributed by atoms with Crippen LogP contribution in [0.2, 0.25) is 0 Å². The van der Waals surface area contributed by atoms with Crippen LogP contribution in [0.15, 0.2) is 24.3 Å². The fourth-order valence-corrected chi connectivity index (χ4v) is 1.36. The minimum absolute atomic E-state index is 0.252. The zero-order valence-electron chi connectivity index (χ0n) is 8.27. The smallest absolute Gasteiger partial charge is 0.256 e. The fraction of sp³-hybridized carbons (Fsp3) is 0.200. The van der Waals surface area contributed by atoms with E-state index in [1.807, 2.05) is 12.1 Å². The van der Waals surface area contributed by atoms with Gasteiger partial charge < -0.3 is 9.84 Å². The lowest BCUT2D eigenvalue weighted by Crippen LogP contribution is -1.93. The summed E-state index contributed by atoms with van der Waals surface area (Å²) < 4.78 is 5.01. The highest BCUT2D eigenvalue weighted by molar-refractivity contribution is 5.36. The predicted octanol–water partition coefficient (Wildman–Crippen LogP) is 1.11. The summed E-state index contributed by atoms with van der Waals surface area (Å²) in [6.07, 6.45) is 0.492. The molecule has 1 aromatic carbocycles. The van der Waals surface area contributed by atoms with Crippen LogP contribution in [-0.2, 0) is 6.42 Å². The van der Waals surface area contributed by atoms with Gasteiger partial charge in [-0.3, -0.25) is 0 Å². The molecule has 0 fully saturated rings. The van der Waals surface area contributed by atoms with Crippen LogP contribution in [-0.4, -0.2) is 27.6 Å². The maximum atomic E-state index is 9.57. The number of aromatic nitrogens is 3. The van der Waals surface area contributed by atoms with Gasteiger partial charge in [0.2, 0.25) is 0 Å². The molecule has 2 rings (SSSR count). The summed E-state index contributed by atoms with van der Waals surface area (Å²) in [5.41, 5.74) is 1.48. The van der Waals surface area contributed by atoms with E-state index in [1.165, 1.54) is 7.11 Å². The Morgan fingerprint density at radius 1 is 1.33 bits per heavy atom. The third-order valence-corrected chi connectivity index (χ3v) is 2.13. The van der Waals surface area contributed by atoms with Crippen LogP contribution >= 0.6 is 0 Å². The minimum Gasteiger partial charge on any atom is -0.508 e. The predicted molar refractivity (Wildman–Crippen MR) is 53.8 cm³/mol. The van der Waals surface area contributed by atoms with Crippen LogP contribution in [0.4, 0.5) is 0 Å². The molecule has 2 aromatic rings. The van der Waals surface area contributed by atoms with E-state index < -0.39 is 0 Å². The number of benzene rings is 1. The molecule has 15 heavy (non-hydrogen) atoms. The highest BCUT2D eigenvalue weighted by atomic mass is 16.5. The Labute approximate surface area is 86.7 Å². The number of H-pyrrole nitrogens is 1. The van der Waals surface area contributed by atoms with Crippen molar-refractivity contribution in [2.24, 2.45) is 0 Å². The molecule has 0 radical (unpaired) electrons. The number of rotatable bonds is 3. The first-order valence-corrected chi connectivity index (χ1v) is 4.51. The number of aromatic hydroxyl groups is 1. The molecule has 0 amide bonds. The van der Waals surface area contributed by atoms with Crippen molar-refractivity contribution in [3.8, 4) is 11.6 Å². The molecule has 2 N–H and O–H groups in total. The van der Waals surface area contributed by atoms with Crippen LogP contribution in [0, 0.1) is 0 Å². The Balaban J connectivity index is 2.26. The summed E-state index contributed by atoms with van der Waals surface area (Å²) in [6.45, 7) is 0. The highest BCUT2D eigenvalue weighted by Gasteiger charge is 2.10. The van der Waals surface area contributed by atoms with Gasteiger partial charge in [0.1, 0.15) is 11.4 Å². The summed E-state index contributed by atoms with van der Waals surface area (Å²) in [5, 5.41) is 19.8. The van der Waals surface area contributed by atoms with Gasteiger partial charge >= 0.3 is 0 Å². The van der Waals surface area contributed by atoms with Gasteiger partial charge in [-0.05, 0) is 6.07 Å². The number of phenolic OH excluding ortho intramolecular Hbond substituents is 1. The molecule has 0 saturated heterocycles. The monoisotopic (exact) mass is 205 g/mol. The van der Waals surface area contributed by atoms with Gasteiger partial charge in [0.25, 0.3) is 5.88 Å². The lowest BCUT2D eigenvalue weighted by Gasteiger charge is -2.02. The summed E-state index contributed by atoms with van der Waals surface area (Å²) in [6, 6.07) is 7.12. The van der Waals surface area contributed by atoms with Crippen LogP contribution in [0.5, 0.6) is 11.6 Å². The molecule has 1 heterocycles. The number of nitrogens with one attached hydrogen (secondary N) is 1. The summed E-state index contributed by atoms with van der Waals surface area (Å²) in [7, 11) is 1.53. The molecule has 5 nitrogen and oxygen atoms in total. The van der Waals surface area contributed by atoms with E-state index >= 15 is 0 Å². The normalized spacial score (nSPS) is 10.2. The largest absolute Gasteiger partial charge is 0.508 e. The molecule has 78 valence electrons. The van der Waals surface area contributed by atoms with Crippen molar-refractivity contribution in [3.63, 3.8) is 0 Å². The second-order valence-electron chi connectivity index (χ2n) is 3.09. The number of hydrogen-bond acceptors (Lipinski definition) is 4. The zero-order chi connectivity index (χ0) is 10.7. The topological polar surface area (TPSA) is 71.0 Å². The number of ether oxygens (including phenoxy) is 1. The van der Waals surface area contributed by atoms with Crippen molar-refractivity contribution in [2.75, 3.05) is 7.11 Å². The molecule has 0 spiro atoms. The standard InChI is InChI=1S/C10H11N3O2/c1-15-10-8(11-13-12-10)6-7-4-2-3-5-9(7)14/h2-5,14H,6H2,1H3,(H,11,12,13). The first-order chi connectivity index (χ1) is 7.31. The Kier molecular flexibility index (Phi) is 2.53. The highest BCUT2D eigenvalue weighted by Crippen LogP contribution is 2.21. The summed E-state index contributed by atoms with van der Waals surface area (Å²) in [4.78, 5) is 0. The average molecular weight is 205 g/mol. The third-order valence-electron chi connectivity index (χ3n) is 2.13. The second-order valence-corrected chi connectivity index (χ2v) is 3.09. The van der Waals surface area contributed by atoms with E-state index in [1.54, 1.807) is 12.1 Å². The van der Waals surface area contributed by atoms with Crippen molar-refractivity contribution >= 4 is 0 Å². The van der Waals surface area contributed by atoms with Crippen LogP contribution < -0.4 is 4.74 Å². The van der Waals surface area contributed by atoms with Gasteiger partial charge in [-0.25, -0.2) is 0 Å². The van der Waals surface area contributed by atoms with E-state index in [0.29, 0.717) is 18.0 Å². The second kappa shape index (κ2) is 4.00. The maximum absolute atomic E-state index is 9.57. The van der Waals surface area contributed by atoms with Crippen molar-refractivity contribution < 1.29 is 9.84 Å². The van der Waals surface area contributed by atoms with E-state index in [-0.39, 0.29) is 5.75 Å². The number of hydrogen-bond donors (Lipinski definition) is 2. The number of nitrogens with zero attached hydrogens (tertiary/aromatic N) is 2. The molecule has 1 aromatic heterocycles. The quantitative estimate of drug-likeness (QED) is 0.787. The van der Waals surface area contributed by atoms with Crippen LogP contribution in [0.25, 0.3) is 0 Å². The number of para-hydroxylation sites is 1. The van der Waals surface area contributed by atoms with Crippen LogP contribution in [0.1, 0.15) is 11.3 Å². The average Bonchev–Trinajstić information content (AvgIpc) is 2.69. The molecule has 0 aliphatic carbocycles. The lowest BCUT2D eigenvalue weighted by molar-refractivity contribution is 0.392. The Morgan fingerprint density at radius 3 is 2.87 bits per heavy atom. The maximum Gasteiger partial charge on any atom is 0.256 e. The van der Waals surface area contributed by atoms with Crippen molar-refractivity contribution in [1.29, 1.82) is 0 Å². The molecular formula is C10H11N3O2. The van der Waals surface area contributed by atoms with E-state index in [2.05, 4.69) is 15.4 Å².